The summed E-state index contributed by atoms with van der Waals surface area (Å²) >= 11 is 0. The van der Waals surface area contributed by atoms with Gasteiger partial charge in [0.15, 0.2) is 18.0 Å². The number of imide groups is 1. The Hall–Kier alpha value is -2.32. The second-order valence-corrected chi connectivity index (χ2v) is 6.16. The molecule has 0 saturated carbocycles. The summed E-state index contributed by atoms with van der Waals surface area (Å²) in [6, 6.07) is 4.49. The molecule has 0 unspecified atom stereocenters. The Balaban J connectivity index is 1.48. The van der Waals surface area contributed by atoms with E-state index in [9.17, 15) is 9.59 Å². The first kappa shape index (κ1) is 16.5. The number of hydrogen-bond acceptors (Lipinski definition) is 5. The molecule has 8 nitrogen and oxygen atoms in total. The number of hydrogen-bond donors (Lipinski definition) is 3. The van der Waals surface area contributed by atoms with Crippen LogP contribution in [0.1, 0.15) is 13.8 Å². The first-order valence-corrected chi connectivity index (χ1v) is 7.99. The van der Waals surface area contributed by atoms with E-state index in [-0.39, 0.29) is 31.5 Å². The monoisotopic (exact) mass is 336 g/mol. The van der Waals surface area contributed by atoms with E-state index in [2.05, 4.69) is 10.6 Å². The Morgan fingerprint density at radius 2 is 1.88 bits per heavy atom. The first-order chi connectivity index (χ1) is 11.5. The predicted molar refractivity (Wildman–Crippen MR) is 85.3 cm³/mol. The SMILES string of the molecule is C[C@H]1C[NH+](CC(=O)NC(=O)Nc2ccc3c(c2)OCO3)C[C@H](C)O1. The van der Waals surface area contributed by atoms with E-state index in [1.807, 2.05) is 13.8 Å². The van der Waals surface area contributed by atoms with Gasteiger partial charge in [-0.1, -0.05) is 0 Å². The van der Waals surface area contributed by atoms with E-state index in [0.29, 0.717) is 17.2 Å². The number of urea groups is 1. The Bertz CT molecular complexity index is 626. The summed E-state index contributed by atoms with van der Waals surface area (Å²) in [6.45, 7) is 5.89. The number of nitrogens with one attached hydrogen (secondary N) is 3. The molecule has 1 aromatic carbocycles. The van der Waals surface area contributed by atoms with Crippen molar-refractivity contribution in [1.29, 1.82) is 0 Å². The average molecular weight is 336 g/mol. The molecule has 0 bridgehead atoms. The molecule has 0 aliphatic carbocycles. The van der Waals surface area contributed by atoms with Gasteiger partial charge in [-0.25, -0.2) is 4.79 Å². The van der Waals surface area contributed by atoms with Gasteiger partial charge in [0.05, 0.1) is 0 Å². The molecule has 2 aliphatic rings. The minimum Gasteiger partial charge on any atom is -0.454 e. The third-order valence-electron chi connectivity index (χ3n) is 3.91. The lowest BCUT2D eigenvalue weighted by atomic mass is 10.2. The second kappa shape index (κ2) is 7.06. The van der Waals surface area contributed by atoms with Crippen molar-refractivity contribution in [2.24, 2.45) is 0 Å². The maximum atomic E-state index is 12.0. The van der Waals surface area contributed by atoms with Gasteiger partial charge < -0.3 is 24.4 Å². The Morgan fingerprint density at radius 1 is 1.17 bits per heavy atom. The molecule has 1 fully saturated rings. The maximum absolute atomic E-state index is 12.0. The fourth-order valence-corrected chi connectivity index (χ4v) is 3.07. The molecule has 2 atom stereocenters. The molecule has 3 N–H and O–H groups in total. The van der Waals surface area contributed by atoms with Crippen molar-refractivity contribution in [3.63, 3.8) is 0 Å². The van der Waals surface area contributed by atoms with Gasteiger partial charge in [0.2, 0.25) is 6.79 Å². The van der Waals surface area contributed by atoms with Crippen LogP contribution in [0.2, 0.25) is 0 Å². The van der Waals surface area contributed by atoms with Crippen LogP contribution in [-0.4, -0.2) is 50.6 Å². The predicted octanol–water partition coefficient (Wildman–Crippen LogP) is -0.244. The number of amides is 3. The molecule has 0 aromatic heterocycles. The van der Waals surface area contributed by atoms with Gasteiger partial charge in [-0.2, -0.15) is 0 Å². The van der Waals surface area contributed by atoms with Crippen LogP contribution in [0, 0.1) is 0 Å². The Morgan fingerprint density at radius 3 is 2.62 bits per heavy atom. The van der Waals surface area contributed by atoms with Gasteiger partial charge in [0.25, 0.3) is 5.91 Å². The summed E-state index contributed by atoms with van der Waals surface area (Å²) in [7, 11) is 0. The molecule has 0 spiro atoms. The number of benzene rings is 1. The molecular weight excluding hydrogens is 314 g/mol. The number of morpholine rings is 1. The van der Waals surface area contributed by atoms with Crippen molar-refractivity contribution in [2.75, 3.05) is 31.7 Å². The van der Waals surface area contributed by atoms with E-state index >= 15 is 0 Å². The summed E-state index contributed by atoms with van der Waals surface area (Å²) in [5, 5.41) is 4.97. The number of carbonyl (C=O) groups is 2. The second-order valence-electron chi connectivity index (χ2n) is 6.16. The van der Waals surface area contributed by atoms with Crippen LogP contribution >= 0.6 is 0 Å². The standard InChI is InChI=1S/C16H21N3O5/c1-10-6-19(7-11(2)24-10)8-15(20)18-16(21)17-12-3-4-13-14(5-12)23-9-22-13/h3-5,10-11H,6-9H2,1-2H3,(H2,17,18,20,21)/p+1/t10-,11-/m0/s1. The van der Waals surface area contributed by atoms with Crippen molar-refractivity contribution in [2.45, 2.75) is 26.1 Å². The normalized spacial score (nSPS) is 25.2. The van der Waals surface area contributed by atoms with Crippen molar-refractivity contribution >= 4 is 17.6 Å². The van der Waals surface area contributed by atoms with E-state index in [1.54, 1.807) is 18.2 Å². The first-order valence-electron chi connectivity index (χ1n) is 7.99. The van der Waals surface area contributed by atoms with E-state index in [4.69, 9.17) is 14.2 Å². The van der Waals surface area contributed by atoms with Gasteiger partial charge in [-0.05, 0) is 26.0 Å². The molecule has 2 aliphatic heterocycles. The van der Waals surface area contributed by atoms with Gasteiger partial charge in [-0.15, -0.1) is 0 Å². The van der Waals surface area contributed by atoms with Crippen LogP contribution in [0.5, 0.6) is 11.5 Å². The Labute approximate surface area is 140 Å². The van der Waals surface area contributed by atoms with Crippen LogP contribution in [0.3, 0.4) is 0 Å². The largest absolute Gasteiger partial charge is 0.454 e. The molecule has 24 heavy (non-hydrogen) atoms. The number of fused-ring (bicyclic) bond motifs is 1. The number of ether oxygens (including phenoxy) is 3. The van der Waals surface area contributed by atoms with Crippen molar-refractivity contribution < 1.29 is 28.7 Å². The molecule has 2 heterocycles. The number of quaternary nitrogens is 1. The molecule has 3 amide bonds. The van der Waals surface area contributed by atoms with Gasteiger partial charge in [0, 0.05) is 11.8 Å². The Kier molecular flexibility index (Phi) is 4.86. The molecule has 8 heteroatoms. The lowest BCUT2D eigenvalue weighted by molar-refractivity contribution is -0.907. The zero-order valence-corrected chi connectivity index (χ0v) is 13.8. The molecule has 0 radical (unpaired) electrons. The highest BCUT2D eigenvalue weighted by Crippen LogP contribution is 2.34. The number of rotatable bonds is 3. The lowest BCUT2D eigenvalue weighted by Crippen LogP contribution is -3.16. The molecule has 3 rings (SSSR count). The highest BCUT2D eigenvalue weighted by atomic mass is 16.7. The quantitative estimate of drug-likeness (QED) is 0.709. The van der Waals surface area contributed by atoms with Gasteiger partial charge in [-0.3, -0.25) is 10.1 Å². The molecular formula is C16H22N3O5+. The van der Waals surface area contributed by atoms with Gasteiger partial charge in [0.1, 0.15) is 25.3 Å². The number of anilines is 1. The molecule has 130 valence electrons. The topological polar surface area (TPSA) is 90.3 Å². The van der Waals surface area contributed by atoms with Crippen molar-refractivity contribution in [1.82, 2.24) is 5.32 Å². The number of carbonyl (C=O) groups excluding carboxylic acids is 2. The zero-order chi connectivity index (χ0) is 17.1. The van der Waals surface area contributed by atoms with E-state index < -0.39 is 6.03 Å². The fourth-order valence-electron chi connectivity index (χ4n) is 3.07. The lowest BCUT2D eigenvalue weighted by Gasteiger charge is -2.31. The van der Waals surface area contributed by atoms with E-state index in [0.717, 1.165) is 18.0 Å². The van der Waals surface area contributed by atoms with Crippen LogP contribution in [0.15, 0.2) is 18.2 Å². The average Bonchev–Trinajstić information content (AvgIpc) is 2.93. The van der Waals surface area contributed by atoms with Crippen LogP contribution in [-0.2, 0) is 9.53 Å². The smallest absolute Gasteiger partial charge is 0.326 e. The zero-order valence-electron chi connectivity index (χ0n) is 13.8. The van der Waals surface area contributed by atoms with Crippen LogP contribution in [0.4, 0.5) is 10.5 Å². The minimum absolute atomic E-state index is 0.110. The van der Waals surface area contributed by atoms with Crippen LogP contribution < -0.4 is 25.0 Å². The summed E-state index contributed by atoms with van der Waals surface area (Å²) in [5.41, 5.74) is 0.533. The van der Waals surface area contributed by atoms with Crippen molar-refractivity contribution in [3.8, 4) is 11.5 Å². The summed E-state index contributed by atoms with van der Waals surface area (Å²) < 4.78 is 16.1. The highest BCUT2D eigenvalue weighted by Gasteiger charge is 2.27. The summed E-state index contributed by atoms with van der Waals surface area (Å²) in [6.07, 6.45) is 0.220. The maximum Gasteiger partial charge on any atom is 0.326 e. The molecule has 1 aromatic rings. The van der Waals surface area contributed by atoms with Crippen molar-refractivity contribution in [3.05, 3.63) is 18.2 Å². The highest BCUT2D eigenvalue weighted by molar-refractivity contribution is 6.01. The summed E-state index contributed by atoms with van der Waals surface area (Å²) in [4.78, 5) is 25.1. The van der Waals surface area contributed by atoms with Gasteiger partial charge >= 0.3 is 6.03 Å². The third kappa shape index (κ3) is 4.15. The van der Waals surface area contributed by atoms with E-state index in [1.165, 1.54) is 0 Å². The third-order valence-corrected chi connectivity index (χ3v) is 3.91. The van der Waals surface area contributed by atoms with Crippen LogP contribution in [0.25, 0.3) is 0 Å². The fraction of sp³-hybridized carbons (Fsp3) is 0.500. The molecule has 1 saturated heterocycles. The minimum atomic E-state index is -0.562. The summed E-state index contributed by atoms with van der Waals surface area (Å²) in [5.74, 6) is 0.889.